The van der Waals surface area contributed by atoms with Gasteiger partial charge < -0.3 is 18.6 Å². The van der Waals surface area contributed by atoms with Crippen LogP contribution in [0, 0.1) is 41.5 Å². The highest BCUT2D eigenvalue weighted by Crippen LogP contribution is 2.57. The first-order chi connectivity index (χ1) is 37.2. The van der Waals surface area contributed by atoms with Gasteiger partial charge in [-0.2, -0.15) is 0 Å². The molecule has 76 heavy (non-hydrogen) atoms. The van der Waals surface area contributed by atoms with E-state index in [9.17, 15) is 0 Å². The van der Waals surface area contributed by atoms with E-state index in [4.69, 9.17) is 0 Å². The molecule has 4 heterocycles. The number of nitrogens with zero attached hydrogens (tertiary/aromatic N) is 4. The van der Waals surface area contributed by atoms with Crippen molar-refractivity contribution in [3.63, 3.8) is 0 Å². The standard InChI is InChI=1S/C72H54N4/c1-43-26-31-51(32-27-43)73(53-40-46(4)39-47(5)41-53)60-37-35-56-67-63(49-17-9-7-10-18-49)72-68(64(50-19-11-8-12-20-50)71(67)75-58-23-15-13-21-54(58)65(60)69(56)75)57-36-38-61(66-55-22-14-16-24-59(55)76(72)70(57)66)74(52-33-28-44(2)29-34-52)62-42-45(3)25-30-48(62)6/h7-42H,1-6H3. The first-order valence-corrected chi connectivity index (χ1v) is 26.6. The summed E-state index contributed by atoms with van der Waals surface area (Å²) in [5.74, 6) is 0. The van der Waals surface area contributed by atoms with Crippen molar-refractivity contribution in [3.05, 3.63) is 252 Å². The van der Waals surface area contributed by atoms with Crippen molar-refractivity contribution in [1.29, 1.82) is 0 Å². The smallest absolute Gasteiger partial charge is 0.0642 e. The minimum atomic E-state index is 1.13. The first kappa shape index (κ1) is 44.1. The third kappa shape index (κ3) is 6.31. The van der Waals surface area contributed by atoms with Crippen molar-refractivity contribution < 1.29 is 0 Å². The van der Waals surface area contributed by atoms with Gasteiger partial charge in [-0.25, -0.2) is 0 Å². The fourth-order valence-electron chi connectivity index (χ4n) is 13.1. The van der Waals surface area contributed by atoms with Crippen LogP contribution in [0.25, 0.3) is 98.4 Å². The van der Waals surface area contributed by atoms with Crippen molar-refractivity contribution >= 4 is 110 Å². The molecule has 0 atom stereocenters. The molecule has 4 aromatic heterocycles. The normalized spacial score (nSPS) is 12.1. The lowest BCUT2D eigenvalue weighted by atomic mass is 9.89. The summed E-state index contributed by atoms with van der Waals surface area (Å²) in [6.07, 6.45) is 0. The second-order valence-electron chi connectivity index (χ2n) is 21.3. The van der Waals surface area contributed by atoms with Gasteiger partial charge in [0.25, 0.3) is 0 Å². The third-order valence-electron chi connectivity index (χ3n) is 16.3. The molecule has 11 aromatic carbocycles. The predicted octanol–water partition coefficient (Wildman–Crippen LogP) is 20.1. The molecule has 15 rings (SSSR count). The number of aromatic nitrogens is 2. The van der Waals surface area contributed by atoms with E-state index in [0.717, 1.165) is 28.4 Å². The van der Waals surface area contributed by atoms with Crippen LogP contribution in [-0.4, -0.2) is 8.80 Å². The van der Waals surface area contributed by atoms with Gasteiger partial charge in [0, 0.05) is 77.0 Å². The maximum atomic E-state index is 2.64. The van der Waals surface area contributed by atoms with Crippen LogP contribution in [0.1, 0.15) is 33.4 Å². The summed E-state index contributed by atoms with van der Waals surface area (Å²) in [7, 11) is 0. The average molecular weight is 975 g/mol. The SMILES string of the molecule is Cc1ccc(N(c2cc(C)cc(C)c2)c2ccc3c4c(-c5ccccc5)c5c(c(-c6ccccc6)c4n4c6ccccc6c2c34)c2ccc(N(c3ccc(C)cc3)c3cc(C)ccc3C)c3c4ccccc4n5c23)cc1. The number of rotatable bonds is 8. The van der Waals surface area contributed by atoms with Crippen molar-refractivity contribution in [2.24, 2.45) is 0 Å². The minimum absolute atomic E-state index is 1.13. The number of anilines is 6. The van der Waals surface area contributed by atoms with E-state index in [0.29, 0.717) is 0 Å². The van der Waals surface area contributed by atoms with Gasteiger partial charge in [0.15, 0.2) is 0 Å². The molecule has 4 nitrogen and oxygen atoms in total. The van der Waals surface area contributed by atoms with E-state index in [2.05, 4.69) is 279 Å². The Morgan fingerprint density at radius 2 is 0.711 bits per heavy atom. The molecular weight excluding hydrogens is 921 g/mol. The van der Waals surface area contributed by atoms with Crippen LogP contribution >= 0.6 is 0 Å². The van der Waals surface area contributed by atoms with Crippen molar-refractivity contribution in [2.75, 3.05) is 9.80 Å². The molecule has 0 amide bonds. The van der Waals surface area contributed by atoms with Crippen LogP contribution in [0.15, 0.2) is 218 Å². The van der Waals surface area contributed by atoms with Gasteiger partial charge in [0.05, 0.1) is 44.5 Å². The van der Waals surface area contributed by atoms with Gasteiger partial charge in [-0.3, -0.25) is 0 Å². The molecule has 0 radical (unpaired) electrons. The average Bonchev–Trinajstić information content (AvgIpc) is 4.15. The highest BCUT2D eigenvalue weighted by Gasteiger charge is 2.33. The fourth-order valence-corrected chi connectivity index (χ4v) is 13.1. The van der Waals surface area contributed by atoms with Crippen molar-refractivity contribution in [2.45, 2.75) is 41.5 Å². The summed E-state index contributed by atoms with van der Waals surface area (Å²) >= 11 is 0. The number of benzene rings is 11. The Morgan fingerprint density at radius 1 is 0.276 bits per heavy atom. The van der Waals surface area contributed by atoms with Gasteiger partial charge in [-0.05, 0) is 142 Å². The molecule has 0 aliphatic carbocycles. The lowest BCUT2D eigenvalue weighted by molar-refractivity contribution is 1.24. The molecule has 4 heteroatoms. The zero-order valence-electron chi connectivity index (χ0n) is 43.6. The molecular formula is C72H54N4. The van der Waals surface area contributed by atoms with Gasteiger partial charge in [-0.15, -0.1) is 0 Å². The number of hydrogen-bond donors (Lipinski definition) is 0. The topological polar surface area (TPSA) is 15.3 Å². The van der Waals surface area contributed by atoms with E-state index in [-0.39, 0.29) is 0 Å². The van der Waals surface area contributed by atoms with E-state index >= 15 is 0 Å². The van der Waals surface area contributed by atoms with Crippen LogP contribution in [0.2, 0.25) is 0 Å². The highest BCUT2D eigenvalue weighted by molar-refractivity contribution is 6.39. The Labute approximate surface area is 442 Å². The number of para-hydroxylation sites is 2. The summed E-state index contributed by atoms with van der Waals surface area (Å²) < 4.78 is 5.28. The molecule has 0 aliphatic heterocycles. The van der Waals surface area contributed by atoms with Gasteiger partial charge in [-0.1, -0.05) is 163 Å². The number of hydrogen-bond acceptors (Lipinski definition) is 2. The molecule has 0 spiro atoms. The maximum absolute atomic E-state index is 2.64. The minimum Gasteiger partial charge on any atom is -0.310 e. The Bertz CT molecular complexity index is 4730. The zero-order valence-corrected chi connectivity index (χ0v) is 43.6. The summed E-state index contributed by atoms with van der Waals surface area (Å²) in [5, 5.41) is 9.92. The first-order valence-electron chi connectivity index (χ1n) is 26.6. The Morgan fingerprint density at radius 3 is 1.21 bits per heavy atom. The number of aryl methyl sites for hydroxylation is 6. The molecule has 0 N–H and O–H groups in total. The van der Waals surface area contributed by atoms with Crippen LogP contribution in [0.3, 0.4) is 0 Å². The largest absolute Gasteiger partial charge is 0.310 e. The predicted molar refractivity (Wildman–Crippen MR) is 324 cm³/mol. The summed E-state index contributed by atoms with van der Waals surface area (Å²) in [6, 6.07) is 82.2. The zero-order chi connectivity index (χ0) is 51.1. The Balaban J connectivity index is 1.17. The molecule has 0 bridgehead atoms. The maximum Gasteiger partial charge on any atom is 0.0642 e. The molecule has 0 saturated heterocycles. The second kappa shape index (κ2) is 16.6. The third-order valence-corrected chi connectivity index (χ3v) is 16.3. The van der Waals surface area contributed by atoms with Gasteiger partial charge >= 0.3 is 0 Å². The van der Waals surface area contributed by atoms with Crippen LogP contribution in [0.4, 0.5) is 34.1 Å². The molecule has 15 aromatic rings. The van der Waals surface area contributed by atoms with E-state index in [1.807, 2.05) is 0 Å². The summed E-state index contributed by atoms with van der Waals surface area (Å²) in [5.41, 5.74) is 26.4. The quantitative estimate of drug-likeness (QED) is 0.151. The lowest BCUT2D eigenvalue weighted by Crippen LogP contribution is -2.12. The van der Waals surface area contributed by atoms with Gasteiger partial charge in [0.1, 0.15) is 0 Å². The Hall–Kier alpha value is -9.38. The Kier molecular flexibility index (Phi) is 9.62. The van der Waals surface area contributed by atoms with Crippen LogP contribution in [0.5, 0.6) is 0 Å². The second-order valence-corrected chi connectivity index (χ2v) is 21.3. The highest BCUT2D eigenvalue weighted by atomic mass is 15.2. The van der Waals surface area contributed by atoms with E-state index in [1.165, 1.54) is 138 Å². The molecule has 0 unspecified atom stereocenters. The summed E-state index contributed by atoms with van der Waals surface area (Å²) in [6.45, 7) is 13.2. The van der Waals surface area contributed by atoms with E-state index in [1.54, 1.807) is 0 Å². The molecule has 0 saturated carbocycles. The molecule has 362 valence electrons. The summed E-state index contributed by atoms with van der Waals surface area (Å²) in [4.78, 5) is 4.99. The van der Waals surface area contributed by atoms with Gasteiger partial charge in [0.2, 0.25) is 0 Å². The number of fused-ring (bicyclic) bond motifs is 12. The molecule has 0 aliphatic rings. The van der Waals surface area contributed by atoms with Crippen molar-refractivity contribution in [1.82, 2.24) is 8.80 Å². The fraction of sp³-hybridized carbons (Fsp3) is 0.0833. The monoisotopic (exact) mass is 974 g/mol. The van der Waals surface area contributed by atoms with Crippen LogP contribution in [-0.2, 0) is 0 Å². The molecule has 0 fully saturated rings. The van der Waals surface area contributed by atoms with Crippen molar-refractivity contribution in [3.8, 4) is 22.3 Å². The van der Waals surface area contributed by atoms with Crippen LogP contribution < -0.4 is 9.80 Å². The van der Waals surface area contributed by atoms with E-state index < -0.39 is 0 Å². The lowest BCUT2D eigenvalue weighted by Gasteiger charge is -2.28.